The first-order valence-corrected chi connectivity index (χ1v) is 7.93. The fourth-order valence-corrected chi connectivity index (χ4v) is 3.62. The fraction of sp³-hybridized carbons (Fsp3) is 0.0714. The molecule has 0 radical (unpaired) electrons. The van der Waals surface area contributed by atoms with Crippen LogP contribution in [0.25, 0.3) is 0 Å². The van der Waals surface area contributed by atoms with E-state index in [1.54, 1.807) is 0 Å². The summed E-state index contributed by atoms with van der Waals surface area (Å²) in [6.07, 6.45) is 0. The van der Waals surface area contributed by atoms with E-state index in [0.29, 0.717) is 0 Å². The van der Waals surface area contributed by atoms with Gasteiger partial charge in [0.2, 0.25) is 9.84 Å². The Kier molecular flexibility index (Phi) is 4.68. The molecule has 0 heterocycles. The van der Waals surface area contributed by atoms with E-state index in [0.717, 1.165) is 24.3 Å². The third kappa shape index (κ3) is 3.37. The molecule has 0 aliphatic rings. The lowest BCUT2D eigenvalue weighted by Crippen LogP contribution is -2.13. The Labute approximate surface area is 131 Å². The molecule has 2 N–H and O–H groups in total. The Balaban J connectivity index is 2.45. The van der Waals surface area contributed by atoms with E-state index >= 15 is 0 Å². The van der Waals surface area contributed by atoms with Crippen LogP contribution < -0.4 is 5.32 Å². The molecule has 0 saturated heterocycles. The highest BCUT2D eigenvalue weighted by atomic mass is 35.5. The average Bonchev–Trinajstić information content (AvgIpc) is 2.46. The van der Waals surface area contributed by atoms with Gasteiger partial charge in [0, 0.05) is 0 Å². The maximum atomic E-state index is 12.9. The van der Waals surface area contributed by atoms with Crippen LogP contribution in [0.1, 0.15) is 0 Å². The van der Waals surface area contributed by atoms with Crippen molar-refractivity contribution >= 4 is 33.1 Å². The number of sulfone groups is 1. The quantitative estimate of drug-likeness (QED) is 0.816. The number of carboxylic acid groups (broad SMARTS) is 1. The zero-order chi connectivity index (χ0) is 16.3. The van der Waals surface area contributed by atoms with Crippen LogP contribution in [-0.2, 0) is 14.6 Å². The van der Waals surface area contributed by atoms with Crippen molar-refractivity contribution in [3.8, 4) is 0 Å². The summed E-state index contributed by atoms with van der Waals surface area (Å²) in [7, 11) is -3.93. The third-order valence-electron chi connectivity index (χ3n) is 2.81. The predicted molar refractivity (Wildman–Crippen MR) is 79.4 cm³/mol. The minimum absolute atomic E-state index is 0.105. The molecule has 0 aromatic heterocycles. The molecule has 0 aliphatic carbocycles. The zero-order valence-corrected chi connectivity index (χ0v) is 12.7. The van der Waals surface area contributed by atoms with Crippen LogP contribution in [0.5, 0.6) is 0 Å². The summed E-state index contributed by atoms with van der Waals surface area (Å²) < 4.78 is 37.9. The molecule has 2 aromatic carbocycles. The van der Waals surface area contributed by atoms with Crippen LogP contribution in [0.4, 0.5) is 10.1 Å². The zero-order valence-electron chi connectivity index (χ0n) is 11.1. The maximum absolute atomic E-state index is 12.9. The standard InChI is InChI=1S/C14H11ClFNO4S/c15-14-11(17-8-13(18)19)2-1-3-12(14)22(20,21)10-6-4-9(16)5-7-10/h1-7,17H,8H2,(H,18,19). The summed E-state index contributed by atoms with van der Waals surface area (Å²) in [5.41, 5.74) is 0.187. The molecule has 22 heavy (non-hydrogen) atoms. The molecule has 0 amide bonds. The summed E-state index contributed by atoms with van der Waals surface area (Å²) in [5.74, 6) is -1.66. The molecule has 116 valence electrons. The number of hydrogen-bond donors (Lipinski definition) is 2. The molecule has 0 unspecified atom stereocenters. The molecular formula is C14H11ClFNO4S. The van der Waals surface area contributed by atoms with Crippen molar-refractivity contribution in [3.63, 3.8) is 0 Å². The minimum Gasteiger partial charge on any atom is -0.480 e. The van der Waals surface area contributed by atoms with E-state index in [4.69, 9.17) is 16.7 Å². The summed E-state index contributed by atoms with van der Waals surface area (Å²) in [5, 5.41) is 11.1. The van der Waals surface area contributed by atoms with Crippen LogP contribution in [0.15, 0.2) is 52.3 Å². The van der Waals surface area contributed by atoms with Gasteiger partial charge >= 0.3 is 5.97 Å². The summed E-state index contributed by atoms with van der Waals surface area (Å²) in [6.45, 7) is -0.403. The molecular weight excluding hydrogens is 333 g/mol. The van der Waals surface area contributed by atoms with E-state index in [-0.39, 0.29) is 20.5 Å². The smallest absolute Gasteiger partial charge is 0.322 e. The molecule has 0 spiro atoms. The molecule has 2 rings (SSSR count). The van der Waals surface area contributed by atoms with Gasteiger partial charge in [0.05, 0.1) is 20.5 Å². The average molecular weight is 344 g/mol. The first kappa shape index (κ1) is 16.3. The number of rotatable bonds is 5. The van der Waals surface area contributed by atoms with Gasteiger partial charge in [-0.2, -0.15) is 0 Å². The van der Waals surface area contributed by atoms with E-state index in [2.05, 4.69) is 5.32 Å². The van der Waals surface area contributed by atoms with Crippen LogP contribution in [0, 0.1) is 5.82 Å². The van der Waals surface area contributed by atoms with Gasteiger partial charge in [-0.3, -0.25) is 4.79 Å². The van der Waals surface area contributed by atoms with Gasteiger partial charge in [-0.15, -0.1) is 0 Å². The Morgan fingerprint density at radius 1 is 1.18 bits per heavy atom. The van der Waals surface area contributed by atoms with Crippen molar-refractivity contribution in [2.45, 2.75) is 9.79 Å². The summed E-state index contributed by atoms with van der Waals surface area (Å²) >= 11 is 6.05. The van der Waals surface area contributed by atoms with Gasteiger partial charge < -0.3 is 10.4 Å². The van der Waals surface area contributed by atoms with Crippen LogP contribution >= 0.6 is 11.6 Å². The van der Waals surface area contributed by atoms with Gasteiger partial charge in [0.25, 0.3) is 0 Å². The number of aliphatic carboxylic acids is 1. The lowest BCUT2D eigenvalue weighted by atomic mass is 10.3. The molecule has 0 atom stereocenters. The van der Waals surface area contributed by atoms with Gasteiger partial charge in [-0.25, -0.2) is 12.8 Å². The molecule has 0 bridgehead atoms. The van der Waals surface area contributed by atoms with Crippen molar-refractivity contribution in [1.29, 1.82) is 0 Å². The second-order valence-corrected chi connectivity index (χ2v) is 6.62. The van der Waals surface area contributed by atoms with E-state index < -0.39 is 28.2 Å². The van der Waals surface area contributed by atoms with Crippen molar-refractivity contribution < 1.29 is 22.7 Å². The lowest BCUT2D eigenvalue weighted by Gasteiger charge is -2.11. The number of halogens is 2. The number of anilines is 1. The molecule has 5 nitrogen and oxygen atoms in total. The minimum atomic E-state index is -3.93. The predicted octanol–water partition coefficient (Wildman–Crippen LogP) is 2.81. The number of carbonyl (C=O) groups is 1. The van der Waals surface area contributed by atoms with Crippen LogP contribution in [0.3, 0.4) is 0 Å². The molecule has 8 heteroatoms. The molecule has 0 aliphatic heterocycles. The van der Waals surface area contributed by atoms with Gasteiger partial charge in [-0.05, 0) is 36.4 Å². The Bertz CT molecular complexity index is 806. The van der Waals surface area contributed by atoms with Crippen molar-refractivity contribution in [2.75, 3.05) is 11.9 Å². The highest BCUT2D eigenvalue weighted by molar-refractivity contribution is 7.91. The molecule has 0 fully saturated rings. The number of nitrogens with one attached hydrogen (secondary N) is 1. The topological polar surface area (TPSA) is 83.5 Å². The highest BCUT2D eigenvalue weighted by Gasteiger charge is 2.22. The SMILES string of the molecule is O=C(O)CNc1cccc(S(=O)(=O)c2ccc(F)cc2)c1Cl. The Morgan fingerprint density at radius 2 is 1.82 bits per heavy atom. The number of hydrogen-bond acceptors (Lipinski definition) is 4. The monoisotopic (exact) mass is 343 g/mol. The van der Waals surface area contributed by atoms with E-state index in [1.807, 2.05) is 0 Å². The summed E-state index contributed by atoms with van der Waals surface area (Å²) in [4.78, 5) is 10.3. The van der Waals surface area contributed by atoms with Gasteiger partial charge in [0.1, 0.15) is 12.4 Å². The maximum Gasteiger partial charge on any atom is 0.322 e. The Hall–Kier alpha value is -2.12. The second-order valence-electron chi connectivity index (χ2n) is 4.32. The highest BCUT2D eigenvalue weighted by Crippen LogP contribution is 2.33. The van der Waals surface area contributed by atoms with Crippen molar-refractivity contribution in [1.82, 2.24) is 0 Å². The first-order chi connectivity index (χ1) is 10.3. The normalized spacial score (nSPS) is 11.2. The number of benzene rings is 2. The van der Waals surface area contributed by atoms with Gasteiger partial charge in [-0.1, -0.05) is 17.7 Å². The third-order valence-corrected chi connectivity index (χ3v) is 5.14. The largest absolute Gasteiger partial charge is 0.480 e. The van der Waals surface area contributed by atoms with E-state index in [1.165, 1.54) is 18.2 Å². The summed E-state index contributed by atoms with van der Waals surface area (Å²) in [6, 6.07) is 8.55. The first-order valence-electron chi connectivity index (χ1n) is 6.07. The van der Waals surface area contributed by atoms with Crippen molar-refractivity contribution in [3.05, 3.63) is 53.3 Å². The van der Waals surface area contributed by atoms with Gasteiger partial charge in [0.15, 0.2) is 0 Å². The van der Waals surface area contributed by atoms with Crippen LogP contribution in [-0.4, -0.2) is 26.0 Å². The number of carboxylic acids is 1. The second kappa shape index (κ2) is 6.33. The Morgan fingerprint density at radius 3 is 2.41 bits per heavy atom. The van der Waals surface area contributed by atoms with E-state index in [9.17, 15) is 17.6 Å². The molecule has 2 aromatic rings. The molecule has 0 saturated carbocycles. The van der Waals surface area contributed by atoms with Crippen molar-refractivity contribution in [2.24, 2.45) is 0 Å². The fourth-order valence-electron chi connectivity index (χ4n) is 1.77. The lowest BCUT2D eigenvalue weighted by molar-refractivity contribution is -0.134. The van der Waals surface area contributed by atoms with Crippen LogP contribution in [0.2, 0.25) is 5.02 Å².